The molecule has 0 saturated carbocycles. The number of pyridine rings is 1. The molecule has 4 aromatic rings. The number of amides is 1. The van der Waals surface area contributed by atoms with Gasteiger partial charge in [0.2, 0.25) is 5.91 Å². The van der Waals surface area contributed by atoms with E-state index in [1.807, 2.05) is 41.3 Å². The third-order valence-corrected chi connectivity index (χ3v) is 6.14. The van der Waals surface area contributed by atoms with Crippen molar-refractivity contribution in [1.82, 2.24) is 14.9 Å². The highest BCUT2D eigenvalue weighted by atomic mass is 35.5. The fourth-order valence-electron chi connectivity index (χ4n) is 4.29. The Morgan fingerprint density at radius 3 is 2.81 bits per heavy atom. The van der Waals surface area contributed by atoms with Gasteiger partial charge in [-0.2, -0.15) is 0 Å². The van der Waals surface area contributed by atoms with Gasteiger partial charge in [-0.05, 0) is 48.7 Å². The Kier molecular flexibility index (Phi) is 5.62. The molecule has 2 aromatic carbocycles. The van der Waals surface area contributed by atoms with Gasteiger partial charge in [-0.25, -0.2) is 4.98 Å². The normalized spacial score (nSPS) is 14.4. The van der Waals surface area contributed by atoms with Crippen LogP contribution in [0.3, 0.4) is 0 Å². The van der Waals surface area contributed by atoms with Gasteiger partial charge in [-0.1, -0.05) is 35.9 Å². The molecule has 0 radical (unpaired) electrons. The fourth-order valence-corrected chi connectivity index (χ4v) is 4.46. The highest BCUT2D eigenvalue weighted by Gasteiger charge is 2.18. The molecule has 1 aliphatic heterocycles. The van der Waals surface area contributed by atoms with Gasteiger partial charge in [0.05, 0.1) is 30.1 Å². The molecule has 31 heavy (non-hydrogen) atoms. The monoisotopic (exact) mass is 433 g/mol. The number of halogens is 1. The molecule has 158 valence electrons. The van der Waals surface area contributed by atoms with Crippen molar-refractivity contribution in [3.8, 4) is 11.4 Å². The van der Waals surface area contributed by atoms with Crippen molar-refractivity contribution in [1.29, 1.82) is 0 Å². The van der Waals surface area contributed by atoms with Crippen LogP contribution in [0.25, 0.3) is 33.2 Å². The first-order chi connectivity index (χ1) is 15.2. The van der Waals surface area contributed by atoms with E-state index in [4.69, 9.17) is 21.3 Å². The summed E-state index contributed by atoms with van der Waals surface area (Å²) in [6.45, 7) is 2.64. The minimum atomic E-state index is 0.201. The molecule has 5 rings (SSSR count). The lowest BCUT2D eigenvalue weighted by molar-refractivity contribution is -0.135. The largest absolute Gasteiger partial charge is 0.378 e. The number of rotatable bonds is 5. The molecule has 1 fully saturated rings. The van der Waals surface area contributed by atoms with Gasteiger partial charge >= 0.3 is 0 Å². The second kappa shape index (κ2) is 8.69. The van der Waals surface area contributed by atoms with Crippen LogP contribution in [0.15, 0.2) is 54.6 Å². The van der Waals surface area contributed by atoms with E-state index in [2.05, 4.69) is 23.2 Å². The standard InChI is InChI=1S/C25H24ClN3O2/c26-18-9-11-22-20(16-18)19(5-3-7-24(30)29-12-14-31-15-13-29)25(28-22)23-10-8-17-4-1-2-6-21(17)27-23/h1-2,4,6,8-11,16,28H,3,5,7,12-15H2. The lowest BCUT2D eigenvalue weighted by atomic mass is 10.0. The Morgan fingerprint density at radius 1 is 1.10 bits per heavy atom. The van der Waals surface area contributed by atoms with E-state index in [0.29, 0.717) is 37.7 Å². The molecule has 0 aliphatic carbocycles. The quantitative estimate of drug-likeness (QED) is 0.469. The maximum atomic E-state index is 12.6. The van der Waals surface area contributed by atoms with Gasteiger partial charge in [-0.3, -0.25) is 4.79 Å². The number of benzene rings is 2. The van der Waals surface area contributed by atoms with Crippen LogP contribution in [0.1, 0.15) is 18.4 Å². The molecule has 1 amide bonds. The lowest BCUT2D eigenvalue weighted by Gasteiger charge is -2.26. The molecule has 1 N–H and O–H groups in total. The maximum Gasteiger partial charge on any atom is 0.222 e. The number of hydrogen-bond acceptors (Lipinski definition) is 3. The highest BCUT2D eigenvalue weighted by Crippen LogP contribution is 2.33. The van der Waals surface area contributed by atoms with Gasteiger partial charge in [0.1, 0.15) is 0 Å². The second-order valence-electron chi connectivity index (χ2n) is 7.90. The number of aromatic amines is 1. The summed E-state index contributed by atoms with van der Waals surface area (Å²) in [6.07, 6.45) is 2.08. The molecule has 0 atom stereocenters. The summed E-state index contributed by atoms with van der Waals surface area (Å²) in [6, 6.07) is 18.2. The minimum absolute atomic E-state index is 0.201. The molecular formula is C25H24ClN3O2. The molecule has 5 nitrogen and oxygen atoms in total. The third-order valence-electron chi connectivity index (χ3n) is 5.90. The minimum Gasteiger partial charge on any atom is -0.378 e. The molecule has 1 aliphatic rings. The Labute approximate surface area is 186 Å². The summed E-state index contributed by atoms with van der Waals surface area (Å²) in [7, 11) is 0. The fraction of sp³-hybridized carbons (Fsp3) is 0.280. The average Bonchev–Trinajstić information content (AvgIpc) is 3.17. The summed E-state index contributed by atoms with van der Waals surface area (Å²) in [5, 5.41) is 2.91. The van der Waals surface area contributed by atoms with Crippen molar-refractivity contribution >= 4 is 39.3 Å². The van der Waals surface area contributed by atoms with Gasteiger partial charge in [0.15, 0.2) is 0 Å². The summed E-state index contributed by atoms with van der Waals surface area (Å²) < 4.78 is 5.35. The first-order valence-corrected chi connectivity index (χ1v) is 11.1. The van der Waals surface area contributed by atoms with Crippen LogP contribution in [0, 0.1) is 0 Å². The van der Waals surface area contributed by atoms with Gasteiger partial charge in [0.25, 0.3) is 0 Å². The van der Waals surface area contributed by atoms with Gasteiger partial charge in [-0.15, -0.1) is 0 Å². The van der Waals surface area contributed by atoms with Crippen molar-refractivity contribution in [3.63, 3.8) is 0 Å². The Hall–Kier alpha value is -2.89. The molecular weight excluding hydrogens is 410 g/mol. The average molecular weight is 434 g/mol. The van der Waals surface area contributed by atoms with Crippen molar-refractivity contribution in [2.24, 2.45) is 0 Å². The van der Waals surface area contributed by atoms with Crippen LogP contribution in [0.4, 0.5) is 0 Å². The van der Waals surface area contributed by atoms with Crippen LogP contribution in [0.2, 0.25) is 5.02 Å². The summed E-state index contributed by atoms with van der Waals surface area (Å²) in [5.41, 5.74) is 5.06. The first kappa shape index (κ1) is 20.0. The number of aryl methyl sites for hydroxylation is 1. The van der Waals surface area contributed by atoms with E-state index in [-0.39, 0.29) is 5.91 Å². The predicted molar refractivity (Wildman–Crippen MR) is 124 cm³/mol. The smallest absolute Gasteiger partial charge is 0.222 e. The van der Waals surface area contributed by atoms with Crippen molar-refractivity contribution in [2.45, 2.75) is 19.3 Å². The van der Waals surface area contributed by atoms with Crippen molar-refractivity contribution in [2.75, 3.05) is 26.3 Å². The summed E-state index contributed by atoms with van der Waals surface area (Å²) in [4.78, 5) is 22.9. The number of morpholine rings is 1. The van der Waals surface area contributed by atoms with Crippen molar-refractivity contribution in [3.05, 3.63) is 65.2 Å². The van der Waals surface area contributed by atoms with Gasteiger partial charge < -0.3 is 14.6 Å². The predicted octanol–water partition coefficient (Wildman–Crippen LogP) is 5.22. The zero-order valence-corrected chi connectivity index (χ0v) is 18.0. The van der Waals surface area contributed by atoms with E-state index in [9.17, 15) is 4.79 Å². The Balaban J connectivity index is 1.45. The number of fused-ring (bicyclic) bond motifs is 2. The van der Waals surface area contributed by atoms with E-state index in [1.54, 1.807) is 0 Å². The number of carbonyl (C=O) groups is 1. The third kappa shape index (κ3) is 4.16. The Morgan fingerprint density at radius 2 is 1.94 bits per heavy atom. The van der Waals surface area contributed by atoms with Crippen molar-refractivity contribution < 1.29 is 9.53 Å². The number of nitrogens with one attached hydrogen (secondary N) is 1. The van der Waals surface area contributed by atoms with Crippen LogP contribution >= 0.6 is 11.6 Å². The van der Waals surface area contributed by atoms with E-state index in [1.165, 1.54) is 0 Å². The number of H-pyrrole nitrogens is 1. The SMILES string of the molecule is O=C(CCCc1c(-c2ccc3ccccc3n2)[nH]c2ccc(Cl)cc12)N1CCOCC1. The van der Waals surface area contributed by atoms with Crippen LogP contribution in [-0.4, -0.2) is 47.1 Å². The molecule has 0 bridgehead atoms. The zero-order valence-electron chi connectivity index (χ0n) is 17.2. The topological polar surface area (TPSA) is 58.2 Å². The molecule has 6 heteroatoms. The zero-order chi connectivity index (χ0) is 21.2. The summed E-state index contributed by atoms with van der Waals surface area (Å²) >= 11 is 6.31. The first-order valence-electron chi connectivity index (χ1n) is 10.7. The molecule has 1 saturated heterocycles. The number of carbonyl (C=O) groups excluding carboxylic acids is 1. The molecule has 0 spiro atoms. The Bertz CT molecular complexity index is 1240. The van der Waals surface area contributed by atoms with Crippen LogP contribution in [-0.2, 0) is 16.0 Å². The number of ether oxygens (including phenoxy) is 1. The molecule has 2 aromatic heterocycles. The highest BCUT2D eigenvalue weighted by molar-refractivity contribution is 6.31. The van der Waals surface area contributed by atoms with Crippen LogP contribution < -0.4 is 0 Å². The molecule has 3 heterocycles. The summed E-state index contributed by atoms with van der Waals surface area (Å²) in [5.74, 6) is 0.201. The number of hydrogen-bond donors (Lipinski definition) is 1. The maximum absolute atomic E-state index is 12.6. The van der Waals surface area contributed by atoms with Gasteiger partial charge in [0, 0.05) is 40.8 Å². The lowest BCUT2D eigenvalue weighted by Crippen LogP contribution is -2.40. The number of nitrogens with zero attached hydrogens (tertiary/aromatic N) is 2. The van der Waals surface area contributed by atoms with E-state index >= 15 is 0 Å². The van der Waals surface area contributed by atoms with Crippen LogP contribution in [0.5, 0.6) is 0 Å². The van der Waals surface area contributed by atoms with E-state index in [0.717, 1.165) is 51.6 Å². The number of aromatic nitrogens is 2. The molecule has 0 unspecified atom stereocenters. The van der Waals surface area contributed by atoms with E-state index < -0.39 is 0 Å². The second-order valence-corrected chi connectivity index (χ2v) is 8.34. The number of para-hydroxylation sites is 1.